The van der Waals surface area contributed by atoms with E-state index >= 15 is 0 Å². The molecule has 1 aliphatic heterocycles. The van der Waals surface area contributed by atoms with Crippen LogP contribution in [0.3, 0.4) is 0 Å². The third-order valence-corrected chi connectivity index (χ3v) is 4.57. The van der Waals surface area contributed by atoms with Gasteiger partial charge in [-0.2, -0.15) is 0 Å². The first kappa shape index (κ1) is 15.8. The molecule has 0 radical (unpaired) electrons. The number of amides is 3. The second-order valence-corrected chi connectivity index (χ2v) is 6.66. The number of urea groups is 1. The Morgan fingerprint density at radius 1 is 1.35 bits per heavy atom. The van der Waals surface area contributed by atoms with Gasteiger partial charge in [0.2, 0.25) is 5.91 Å². The van der Waals surface area contributed by atoms with Gasteiger partial charge in [0.1, 0.15) is 0 Å². The molecule has 124 valence electrons. The molecule has 1 aromatic heterocycles. The number of nitrogens with zero attached hydrogens (tertiary/aromatic N) is 2. The lowest BCUT2D eigenvalue weighted by Gasteiger charge is -2.16. The van der Waals surface area contributed by atoms with Gasteiger partial charge in [0, 0.05) is 49.9 Å². The van der Waals surface area contributed by atoms with Crippen molar-refractivity contribution in [1.82, 2.24) is 20.5 Å². The molecule has 2 fully saturated rings. The summed E-state index contributed by atoms with van der Waals surface area (Å²) >= 11 is 0. The Labute approximate surface area is 136 Å². The molecule has 23 heavy (non-hydrogen) atoms. The molecule has 0 bridgehead atoms. The summed E-state index contributed by atoms with van der Waals surface area (Å²) in [4.78, 5) is 30.0. The smallest absolute Gasteiger partial charge is 0.315 e. The van der Waals surface area contributed by atoms with Gasteiger partial charge in [0.15, 0.2) is 0 Å². The third kappa shape index (κ3) is 4.00. The zero-order valence-electron chi connectivity index (χ0n) is 13.8. The standard InChI is InChI=1S/C17H24N4O2/c1-11-5-12(2)18-8-14(11)9-20-17(23)19-7-13-6-16(22)21(10-13)15-3-4-15/h5,8,13,15H,3-4,6-7,9-10H2,1-2H3,(H2,19,20,23). The van der Waals surface area contributed by atoms with E-state index in [2.05, 4.69) is 15.6 Å². The number of carbonyl (C=O) groups excluding carboxylic acids is 2. The van der Waals surface area contributed by atoms with Crippen LogP contribution < -0.4 is 10.6 Å². The number of carbonyl (C=O) groups is 2. The Kier molecular flexibility index (Phi) is 4.50. The fourth-order valence-corrected chi connectivity index (χ4v) is 3.07. The lowest BCUT2D eigenvalue weighted by atomic mass is 10.1. The van der Waals surface area contributed by atoms with Crippen molar-refractivity contribution in [3.63, 3.8) is 0 Å². The van der Waals surface area contributed by atoms with Crippen molar-refractivity contribution >= 4 is 11.9 Å². The Hall–Kier alpha value is -2.11. The molecule has 6 heteroatoms. The van der Waals surface area contributed by atoms with Gasteiger partial charge in [-0.1, -0.05) is 0 Å². The zero-order valence-corrected chi connectivity index (χ0v) is 13.8. The summed E-state index contributed by atoms with van der Waals surface area (Å²) in [6.07, 6.45) is 4.62. The molecule has 3 amide bonds. The van der Waals surface area contributed by atoms with Crippen LogP contribution in [0.4, 0.5) is 4.79 Å². The zero-order chi connectivity index (χ0) is 16.4. The van der Waals surface area contributed by atoms with Gasteiger partial charge in [0.25, 0.3) is 0 Å². The SMILES string of the molecule is Cc1cc(C)c(CNC(=O)NCC2CC(=O)N(C3CC3)C2)cn1. The van der Waals surface area contributed by atoms with Gasteiger partial charge in [-0.05, 0) is 43.9 Å². The van der Waals surface area contributed by atoms with Gasteiger partial charge in [0.05, 0.1) is 0 Å². The van der Waals surface area contributed by atoms with E-state index in [-0.39, 0.29) is 17.9 Å². The molecule has 0 aromatic carbocycles. The molecule has 1 saturated carbocycles. The number of pyridine rings is 1. The highest BCUT2D eigenvalue weighted by atomic mass is 16.2. The van der Waals surface area contributed by atoms with Crippen molar-refractivity contribution in [2.45, 2.75) is 45.7 Å². The molecule has 3 rings (SSSR count). The van der Waals surface area contributed by atoms with Crippen molar-refractivity contribution < 1.29 is 9.59 Å². The van der Waals surface area contributed by atoms with Gasteiger partial charge in [-0.15, -0.1) is 0 Å². The van der Waals surface area contributed by atoms with Gasteiger partial charge < -0.3 is 15.5 Å². The van der Waals surface area contributed by atoms with E-state index in [0.717, 1.165) is 36.2 Å². The molecule has 1 saturated heterocycles. The van der Waals surface area contributed by atoms with Crippen LogP contribution in [0.1, 0.15) is 36.1 Å². The predicted molar refractivity (Wildman–Crippen MR) is 86.8 cm³/mol. The summed E-state index contributed by atoms with van der Waals surface area (Å²) in [5.74, 6) is 0.470. The Morgan fingerprint density at radius 2 is 2.13 bits per heavy atom. The largest absolute Gasteiger partial charge is 0.339 e. The van der Waals surface area contributed by atoms with E-state index in [1.807, 2.05) is 24.8 Å². The summed E-state index contributed by atoms with van der Waals surface area (Å²) in [5, 5.41) is 5.73. The van der Waals surface area contributed by atoms with Crippen LogP contribution in [-0.4, -0.2) is 41.0 Å². The minimum Gasteiger partial charge on any atom is -0.339 e. The van der Waals surface area contributed by atoms with Crippen molar-refractivity contribution in [3.05, 3.63) is 29.1 Å². The Morgan fingerprint density at radius 3 is 2.83 bits per heavy atom. The maximum atomic E-state index is 11.9. The Balaban J connectivity index is 1.40. The van der Waals surface area contributed by atoms with Gasteiger partial charge in [-0.3, -0.25) is 9.78 Å². The number of aryl methyl sites for hydroxylation is 2. The van der Waals surface area contributed by atoms with E-state index in [9.17, 15) is 9.59 Å². The van der Waals surface area contributed by atoms with Crippen LogP contribution >= 0.6 is 0 Å². The first-order chi connectivity index (χ1) is 11.0. The highest BCUT2D eigenvalue weighted by Gasteiger charge is 2.39. The molecule has 0 spiro atoms. The lowest BCUT2D eigenvalue weighted by Crippen LogP contribution is -2.38. The number of likely N-dealkylation sites (tertiary alicyclic amines) is 1. The van der Waals surface area contributed by atoms with Crippen LogP contribution in [0.15, 0.2) is 12.3 Å². The van der Waals surface area contributed by atoms with Gasteiger partial charge in [-0.25, -0.2) is 4.79 Å². The first-order valence-corrected chi connectivity index (χ1v) is 8.26. The molecule has 1 atom stereocenters. The monoisotopic (exact) mass is 316 g/mol. The Bertz CT molecular complexity index is 613. The van der Waals surface area contributed by atoms with Gasteiger partial charge >= 0.3 is 6.03 Å². The fraction of sp³-hybridized carbons (Fsp3) is 0.588. The van der Waals surface area contributed by atoms with Crippen LogP contribution in [-0.2, 0) is 11.3 Å². The summed E-state index contributed by atoms with van der Waals surface area (Å²) in [5.41, 5.74) is 3.11. The van der Waals surface area contributed by atoms with Crippen LogP contribution in [0.2, 0.25) is 0 Å². The number of hydrogen-bond acceptors (Lipinski definition) is 3. The number of aromatic nitrogens is 1. The molecule has 2 heterocycles. The number of hydrogen-bond donors (Lipinski definition) is 2. The third-order valence-electron chi connectivity index (χ3n) is 4.57. The summed E-state index contributed by atoms with van der Waals surface area (Å²) in [7, 11) is 0. The fourth-order valence-electron chi connectivity index (χ4n) is 3.07. The maximum Gasteiger partial charge on any atom is 0.315 e. The summed E-state index contributed by atoms with van der Waals surface area (Å²) in [6.45, 7) is 5.75. The highest BCUT2D eigenvalue weighted by Crippen LogP contribution is 2.32. The van der Waals surface area contributed by atoms with Crippen molar-refractivity contribution in [3.8, 4) is 0 Å². The maximum absolute atomic E-state index is 11.9. The lowest BCUT2D eigenvalue weighted by molar-refractivity contribution is -0.128. The van der Waals surface area contributed by atoms with E-state index in [1.54, 1.807) is 6.20 Å². The molecule has 1 unspecified atom stereocenters. The normalized spacial score (nSPS) is 20.7. The first-order valence-electron chi connectivity index (χ1n) is 8.26. The molecule has 2 N–H and O–H groups in total. The van der Waals surface area contributed by atoms with Crippen molar-refractivity contribution in [2.75, 3.05) is 13.1 Å². The topological polar surface area (TPSA) is 74.3 Å². The van der Waals surface area contributed by atoms with Crippen LogP contribution in [0.25, 0.3) is 0 Å². The van der Waals surface area contributed by atoms with E-state index in [0.29, 0.717) is 25.6 Å². The predicted octanol–water partition coefficient (Wildman–Crippen LogP) is 1.51. The molecule has 6 nitrogen and oxygen atoms in total. The van der Waals surface area contributed by atoms with Crippen molar-refractivity contribution in [1.29, 1.82) is 0 Å². The van der Waals surface area contributed by atoms with Crippen molar-refractivity contribution in [2.24, 2.45) is 5.92 Å². The van der Waals surface area contributed by atoms with E-state index < -0.39 is 0 Å². The summed E-state index contributed by atoms with van der Waals surface area (Å²) < 4.78 is 0. The van der Waals surface area contributed by atoms with Crippen LogP contribution in [0.5, 0.6) is 0 Å². The van der Waals surface area contributed by atoms with E-state index in [4.69, 9.17) is 0 Å². The summed E-state index contributed by atoms with van der Waals surface area (Å²) in [6, 6.07) is 2.28. The minimum atomic E-state index is -0.192. The quantitative estimate of drug-likeness (QED) is 0.864. The number of rotatable bonds is 5. The minimum absolute atomic E-state index is 0.192. The second-order valence-electron chi connectivity index (χ2n) is 6.66. The van der Waals surface area contributed by atoms with E-state index in [1.165, 1.54) is 0 Å². The highest BCUT2D eigenvalue weighted by molar-refractivity contribution is 5.79. The second kappa shape index (κ2) is 6.56. The average molecular weight is 316 g/mol. The molecule has 1 aromatic rings. The molecular weight excluding hydrogens is 292 g/mol. The molecule has 2 aliphatic rings. The molecular formula is C17H24N4O2. The molecule has 1 aliphatic carbocycles. The van der Waals surface area contributed by atoms with Crippen LogP contribution in [0, 0.1) is 19.8 Å². The number of nitrogens with one attached hydrogen (secondary N) is 2. The average Bonchev–Trinajstić information content (AvgIpc) is 3.27.